The maximum Gasteiger partial charge on any atom is 0.237 e. The minimum atomic E-state index is -0.321. The quantitative estimate of drug-likeness (QED) is 0.392. The van der Waals surface area contributed by atoms with Crippen molar-refractivity contribution >= 4 is 11.8 Å². The highest BCUT2D eigenvalue weighted by atomic mass is 32.2. The molecule has 2 heterocycles. The molecule has 9 heteroatoms. The Bertz CT molecular complexity index is 1070. The van der Waals surface area contributed by atoms with Gasteiger partial charge < -0.3 is 10.4 Å². The molecule has 7 nitrogen and oxygen atoms in total. The van der Waals surface area contributed by atoms with E-state index in [2.05, 4.69) is 27.3 Å². The van der Waals surface area contributed by atoms with Gasteiger partial charge in [-0.1, -0.05) is 48.1 Å². The highest BCUT2D eigenvalue weighted by Crippen LogP contribution is 2.25. The fourth-order valence-electron chi connectivity index (χ4n) is 2.62. The van der Waals surface area contributed by atoms with Crippen LogP contribution in [0.2, 0.25) is 0 Å². The minimum absolute atomic E-state index is 0.321. The average Bonchev–Trinajstić information content (AvgIpc) is 3.34. The van der Waals surface area contributed by atoms with Crippen LogP contribution in [0.1, 0.15) is 18.4 Å². The first kappa shape index (κ1) is 18.2. The first-order valence-corrected chi connectivity index (χ1v) is 9.63. The number of benzene rings is 2. The molecule has 0 saturated carbocycles. The van der Waals surface area contributed by atoms with Gasteiger partial charge in [0.25, 0.3) is 0 Å². The van der Waals surface area contributed by atoms with Gasteiger partial charge in [0.1, 0.15) is 5.82 Å². The molecule has 28 heavy (non-hydrogen) atoms. The zero-order chi connectivity index (χ0) is 19.5. The van der Waals surface area contributed by atoms with E-state index in [1.54, 1.807) is 12.1 Å². The van der Waals surface area contributed by atoms with Crippen molar-refractivity contribution < 1.29 is 8.91 Å². The lowest BCUT2D eigenvalue weighted by molar-refractivity contribution is 0.391. The van der Waals surface area contributed by atoms with E-state index in [1.807, 2.05) is 24.3 Å². The minimum Gasteiger partial charge on any atom is -0.338 e. The van der Waals surface area contributed by atoms with Gasteiger partial charge in [-0.25, -0.2) is 9.07 Å². The zero-order valence-corrected chi connectivity index (χ0v) is 15.9. The van der Waals surface area contributed by atoms with Crippen molar-refractivity contribution in [1.82, 2.24) is 25.0 Å². The Morgan fingerprint density at radius 1 is 1.04 bits per heavy atom. The fourth-order valence-corrected chi connectivity index (χ4v) is 3.31. The molecule has 142 valence electrons. The lowest BCUT2D eigenvalue weighted by atomic mass is 10.1. The summed E-state index contributed by atoms with van der Waals surface area (Å²) in [7, 11) is 0. The second-order valence-electron chi connectivity index (χ2n) is 6.03. The van der Waals surface area contributed by atoms with Gasteiger partial charge in [0.2, 0.25) is 16.9 Å². The number of nitrogens with zero attached hydrogens (tertiary/aromatic N) is 5. The van der Waals surface area contributed by atoms with Crippen molar-refractivity contribution in [2.24, 2.45) is 0 Å². The number of halogens is 1. The Labute approximate surface area is 164 Å². The van der Waals surface area contributed by atoms with E-state index in [-0.39, 0.29) is 5.82 Å². The Hall–Kier alpha value is -3.20. The molecule has 0 aliphatic carbocycles. The SMILES string of the molecule is CCc1ccc(-c2noc(CSc3nnc(-c4ccc(F)cc4)n3N)n2)cc1. The van der Waals surface area contributed by atoms with E-state index >= 15 is 0 Å². The summed E-state index contributed by atoms with van der Waals surface area (Å²) in [5.74, 6) is 7.61. The molecule has 0 spiro atoms. The van der Waals surface area contributed by atoms with Crippen molar-refractivity contribution in [2.45, 2.75) is 24.3 Å². The largest absolute Gasteiger partial charge is 0.338 e. The monoisotopic (exact) mass is 396 g/mol. The molecule has 0 radical (unpaired) electrons. The smallest absolute Gasteiger partial charge is 0.237 e. The van der Waals surface area contributed by atoms with Crippen molar-refractivity contribution in [3.63, 3.8) is 0 Å². The maximum absolute atomic E-state index is 13.1. The topological polar surface area (TPSA) is 95.7 Å². The van der Waals surface area contributed by atoms with Gasteiger partial charge in [0, 0.05) is 11.1 Å². The molecule has 0 aliphatic heterocycles. The summed E-state index contributed by atoms with van der Waals surface area (Å²) in [4.78, 5) is 4.42. The molecule has 0 bridgehead atoms. The van der Waals surface area contributed by atoms with Crippen molar-refractivity contribution in [3.8, 4) is 22.8 Å². The van der Waals surface area contributed by atoms with Crippen LogP contribution >= 0.6 is 11.8 Å². The highest BCUT2D eigenvalue weighted by Gasteiger charge is 2.15. The van der Waals surface area contributed by atoms with Gasteiger partial charge in [-0.2, -0.15) is 4.98 Å². The molecule has 4 rings (SSSR count). The lowest BCUT2D eigenvalue weighted by Gasteiger charge is -2.02. The summed E-state index contributed by atoms with van der Waals surface area (Å²) >= 11 is 1.33. The van der Waals surface area contributed by atoms with Crippen LogP contribution in [0.15, 0.2) is 58.2 Å². The third-order valence-corrected chi connectivity index (χ3v) is 5.11. The number of rotatable bonds is 6. The molecule has 0 unspecified atom stereocenters. The molecule has 2 aromatic heterocycles. The van der Waals surface area contributed by atoms with Crippen LogP contribution in [0.4, 0.5) is 4.39 Å². The van der Waals surface area contributed by atoms with Crippen molar-refractivity contribution in [1.29, 1.82) is 0 Å². The zero-order valence-electron chi connectivity index (χ0n) is 15.0. The summed E-state index contributed by atoms with van der Waals surface area (Å²) in [5, 5.41) is 12.7. The Balaban J connectivity index is 1.45. The van der Waals surface area contributed by atoms with Crippen molar-refractivity contribution in [2.75, 3.05) is 5.84 Å². The highest BCUT2D eigenvalue weighted by molar-refractivity contribution is 7.98. The number of aromatic nitrogens is 5. The number of nitrogen functional groups attached to an aromatic ring is 1. The van der Waals surface area contributed by atoms with E-state index in [4.69, 9.17) is 10.4 Å². The maximum atomic E-state index is 13.1. The molecule has 0 aliphatic rings. The summed E-state index contributed by atoms with van der Waals surface area (Å²) in [5.41, 5.74) is 2.83. The molecule has 4 aromatic rings. The molecule has 0 saturated heterocycles. The van der Waals surface area contributed by atoms with Gasteiger partial charge in [-0.15, -0.1) is 10.2 Å². The molecular formula is C19H17FN6OS. The van der Waals surface area contributed by atoms with Crippen molar-refractivity contribution in [3.05, 3.63) is 65.8 Å². The molecule has 2 N–H and O–H groups in total. The summed E-state index contributed by atoms with van der Waals surface area (Å²) in [6.07, 6.45) is 0.980. The van der Waals surface area contributed by atoms with Gasteiger partial charge in [-0.3, -0.25) is 0 Å². The van der Waals surface area contributed by atoms with Crippen LogP contribution < -0.4 is 5.84 Å². The molecular weight excluding hydrogens is 379 g/mol. The van der Waals surface area contributed by atoms with Gasteiger partial charge in [0.15, 0.2) is 5.82 Å². The third kappa shape index (κ3) is 3.74. The van der Waals surface area contributed by atoms with E-state index in [9.17, 15) is 4.39 Å². The standard InChI is InChI=1S/C19H17FN6OS/c1-2-12-3-5-13(6-4-12)17-22-16(27-25-17)11-28-19-24-23-18(26(19)21)14-7-9-15(20)10-8-14/h3-10H,2,11,21H2,1H3. The number of hydrogen-bond donors (Lipinski definition) is 1. The predicted octanol–water partition coefficient (Wildman–Crippen LogP) is 3.70. The summed E-state index contributed by atoms with van der Waals surface area (Å²) < 4.78 is 19.8. The third-order valence-electron chi connectivity index (χ3n) is 4.18. The van der Waals surface area contributed by atoms with E-state index < -0.39 is 0 Å². The van der Waals surface area contributed by atoms with Crippen LogP contribution in [0.3, 0.4) is 0 Å². The number of aryl methyl sites for hydroxylation is 1. The molecule has 0 fully saturated rings. The van der Waals surface area contributed by atoms with E-state index in [0.717, 1.165) is 12.0 Å². The molecule has 2 aromatic carbocycles. The Morgan fingerprint density at radius 2 is 1.75 bits per heavy atom. The Morgan fingerprint density at radius 3 is 2.46 bits per heavy atom. The van der Waals surface area contributed by atoms with Gasteiger partial charge in [-0.05, 0) is 36.2 Å². The van der Waals surface area contributed by atoms with E-state index in [1.165, 1.54) is 34.1 Å². The van der Waals surface area contributed by atoms with Crippen LogP contribution in [-0.2, 0) is 12.2 Å². The molecule has 0 amide bonds. The second kappa shape index (κ2) is 7.81. The lowest BCUT2D eigenvalue weighted by Crippen LogP contribution is -2.11. The van der Waals surface area contributed by atoms with E-state index in [0.29, 0.717) is 34.0 Å². The first-order valence-electron chi connectivity index (χ1n) is 8.65. The summed E-state index contributed by atoms with van der Waals surface area (Å²) in [6.45, 7) is 2.11. The van der Waals surface area contributed by atoms with Crippen LogP contribution in [0.5, 0.6) is 0 Å². The second-order valence-corrected chi connectivity index (χ2v) is 6.98. The van der Waals surface area contributed by atoms with Gasteiger partial charge >= 0.3 is 0 Å². The van der Waals surface area contributed by atoms with Crippen LogP contribution in [0.25, 0.3) is 22.8 Å². The summed E-state index contributed by atoms with van der Waals surface area (Å²) in [6, 6.07) is 14.0. The Kier molecular flexibility index (Phi) is 5.07. The number of thioether (sulfide) groups is 1. The fraction of sp³-hybridized carbons (Fsp3) is 0.158. The normalized spacial score (nSPS) is 11.1. The number of nitrogens with two attached hydrogens (primary N) is 1. The van der Waals surface area contributed by atoms with Gasteiger partial charge in [0.05, 0.1) is 5.75 Å². The number of hydrogen-bond acceptors (Lipinski definition) is 7. The average molecular weight is 396 g/mol. The van der Waals surface area contributed by atoms with Crippen LogP contribution in [-0.4, -0.2) is 25.0 Å². The predicted molar refractivity (Wildman–Crippen MR) is 104 cm³/mol. The van der Waals surface area contributed by atoms with Crippen LogP contribution in [0, 0.1) is 5.82 Å². The molecule has 0 atom stereocenters. The first-order chi connectivity index (χ1) is 13.6.